The first-order valence-corrected chi connectivity index (χ1v) is 2.91. The summed E-state index contributed by atoms with van der Waals surface area (Å²) in [7, 11) is 0. The molecule has 0 aromatic rings. The maximum absolute atomic E-state index is 10.7. The Balaban J connectivity index is 0.000001000. The van der Waals surface area contributed by atoms with Gasteiger partial charge >= 0.3 is 0 Å². The van der Waals surface area contributed by atoms with Crippen LogP contribution in [-0.2, 0) is 9.59 Å². The average Bonchev–Trinajstić information content (AvgIpc) is 2.13. The zero-order valence-corrected chi connectivity index (χ0v) is 7.51. The normalized spacial score (nSPS) is 15.1. The van der Waals surface area contributed by atoms with Crippen molar-refractivity contribution in [2.75, 3.05) is 0 Å². The number of hydrogen-bond acceptors (Lipinski definition) is 2. The van der Waals surface area contributed by atoms with Gasteiger partial charge < -0.3 is 0 Å². The fourth-order valence-corrected chi connectivity index (χ4v) is 0.759. The molecule has 0 aliphatic carbocycles. The molecule has 1 N–H and O–H groups in total. The van der Waals surface area contributed by atoms with Gasteiger partial charge in [0.1, 0.15) is 0 Å². The van der Waals surface area contributed by atoms with Gasteiger partial charge in [-0.1, -0.05) is 6.08 Å². The number of allylic oxidation sites excluding steroid dienone is 1. The van der Waals surface area contributed by atoms with Crippen molar-refractivity contribution < 1.29 is 9.59 Å². The SMILES string of the molecule is Br.C=CCC1=CC(=O)NC1=O. The minimum Gasteiger partial charge on any atom is -0.289 e. The Hall–Kier alpha value is -0.900. The second-order valence-corrected chi connectivity index (χ2v) is 1.98. The zero-order valence-electron chi connectivity index (χ0n) is 5.79. The molecule has 60 valence electrons. The quantitative estimate of drug-likeness (QED) is 0.548. The van der Waals surface area contributed by atoms with E-state index in [-0.39, 0.29) is 28.8 Å². The molecule has 0 radical (unpaired) electrons. The molecule has 1 aliphatic rings. The highest BCUT2D eigenvalue weighted by molar-refractivity contribution is 8.93. The van der Waals surface area contributed by atoms with Gasteiger partial charge in [-0.2, -0.15) is 0 Å². The van der Waals surface area contributed by atoms with Crippen LogP contribution in [-0.4, -0.2) is 11.8 Å². The van der Waals surface area contributed by atoms with E-state index in [9.17, 15) is 9.59 Å². The van der Waals surface area contributed by atoms with E-state index in [1.165, 1.54) is 6.08 Å². The van der Waals surface area contributed by atoms with Crippen molar-refractivity contribution in [1.82, 2.24) is 5.32 Å². The Kier molecular flexibility index (Phi) is 3.74. The van der Waals surface area contributed by atoms with E-state index in [2.05, 4.69) is 11.9 Å². The van der Waals surface area contributed by atoms with Crippen molar-refractivity contribution in [3.8, 4) is 0 Å². The van der Waals surface area contributed by atoms with Gasteiger partial charge in [0.15, 0.2) is 0 Å². The van der Waals surface area contributed by atoms with Crippen molar-refractivity contribution in [2.24, 2.45) is 0 Å². The summed E-state index contributed by atoms with van der Waals surface area (Å²) >= 11 is 0. The van der Waals surface area contributed by atoms with Crippen LogP contribution in [0, 0.1) is 0 Å². The van der Waals surface area contributed by atoms with Gasteiger partial charge in [0.2, 0.25) is 0 Å². The number of rotatable bonds is 2. The molecule has 3 nitrogen and oxygen atoms in total. The molecule has 0 saturated carbocycles. The molecule has 0 aromatic heterocycles. The smallest absolute Gasteiger partial charge is 0.254 e. The molecule has 11 heavy (non-hydrogen) atoms. The minimum absolute atomic E-state index is 0. The van der Waals surface area contributed by atoms with E-state index < -0.39 is 0 Å². The zero-order chi connectivity index (χ0) is 7.56. The predicted molar refractivity (Wildman–Crippen MR) is 46.4 cm³/mol. The van der Waals surface area contributed by atoms with Crippen molar-refractivity contribution in [1.29, 1.82) is 0 Å². The fourth-order valence-electron chi connectivity index (χ4n) is 0.759. The van der Waals surface area contributed by atoms with Gasteiger partial charge in [0, 0.05) is 11.6 Å². The van der Waals surface area contributed by atoms with Crippen LogP contribution in [0.15, 0.2) is 24.3 Å². The summed E-state index contributed by atoms with van der Waals surface area (Å²) in [5, 5.41) is 2.13. The molecule has 0 unspecified atom stereocenters. The molecule has 0 aromatic carbocycles. The predicted octanol–water partition coefficient (Wildman–Crippen LogP) is 0.723. The van der Waals surface area contributed by atoms with E-state index in [0.717, 1.165) is 0 Å². The summed E-state index contributed by atoms with van der Waals surface area (Å²) in [6.07, 6.45) is 3.34. The Bertz CT molecular complexity index is 233. The number of halogens is 1. The van der Waals surface area contributed by atoms with Crippen LogP contribution < -0.4 is 5.32 Å². The van der Waals surface area contributed by atoms with E-state index >= 15 is 0 Å². The molecule has 1 rings (SSSR count). The number of carbonyl (C=O) groups is 2. The molecular formula is C7H8BrNO2. The molecule has 1 aliphatic heterocycles. The molecule has 0 fully saturated rings. The highest BCUT2D eigenvalue weighted by Gasteiger charge is 2.18. The molecule has 0 atom stereocenters. The second kappa shape index (κ2) is 4.08. The highest BCUT2D eigenvalue weighted by atomic mass is 79.9. The van der Waals surface area contributed by atoms with E-state index in [1.54, 1.807) is 6.08 Å². The molecule has 2 amide bonds. The first-order chi connectivity index (χ1) is 4.74. The minimum atomic E-state index is -0.332. The van der Waals surface area contributed by atoms with Crippen LogP contribution in [0.25, 0.3) is 0 Å². The fraction of sp³-hybridized carbons (Fsp3) is 0.143. The third-order valence-corrected chi connectivity index (χ3v) is 1.20. The molecule has 0 bridgehead atoms. The summed E-state index contributed by atoms with van der Waals surface area (Å²) in [5.41, 5.74) is 0.486. The van der Waals surface area contributed by atoms with Crippen molar-refractivity contribution in [2.45, 2.75) is 6.42 Å². The van der Waals surface area contributed by atoms with Crippen LogP contribution in [0.5, 0.6) is 0 Å². The molecule has 4 heteroatoms. The molecule has 1 heterocycles. The second-order valence-electron chi connectivity index (χ2n) is 1.98. The Labute approximate surface area is 74.9 Å². The summed E-state index contributed by atoms with van der Waals surface area (Å²) in [6, 6.07) is 0. The maximum Gasteiger partial charge on any atom is 0.254 e. The lowest BCUT2D eigenvalue weighted by atomic mass is 10.2. The van der Waals surface area contributed by atoms with E-state index in [4.69, 9.17) is 0 Å². The summed E-state index contributed by atoms with van der Waals surface area (Å²) < 4.78 is 0. The van der Waals surface area contributed by atoms with Crippen molar-refractivity contribution in [3.05, 3.63) is 24.3 Å². The summed E-state index contributed by atoms with van der Waals surface area (Å²) in [6.45, 7) is 3.45. The van der Waals surface area contributed by atoms with E-state index in [1.807, 2.05) is 0 Å². The number of hydrogen-bond donors (Lipinski definition) is 1. The van der Waals surface area contributed by atoms with Gasteiger partial charge in [0.25, 0.3) is 11.8 Å². The first kappa shape index (κ1) is 10.1. The number of amides is 2. The summed E-state index contributed by atoms with van der Waals surface area (Å²) in [4.78, 5) is 21.2. The lowest BCUT2D eigenvalue weighted by molar-refractivity contribution is -0.123. The summed E-state index contributed by atoms with van der Waals surface area (Å²) in [5.74, 6) is -0.633. The Morgan fingerprint density at radius 3 is 2.55 bits per heavy atom. The van der Waals surface area contributed by atoms with Gasteiger partial charge in [-0.3, -0.25) is 14.9 Å². The van der Waals surface area contributed by atoms with Crippen molar-refractivity contribution in [3.63, 3.8) is 0 Å². The maximum atomic E-state index is 10.7. The average molecular weight is 218 g/mol. The van der Waals surface area contributed by atoms with Crippen LogP contribution >= 0.6 is 17.0 Å². The van der Waals surface area contributed by atoms with Crippen LogP contribution in [0.4, 0.5) is 0 Å². The van der Waals surface area contributed by atoms with Gasteiger partial charge in [-0.25, -0.2) is 0 Å². The lowest BCUT2D eigenvalue weighted by Gasteiger charge is -1.90. The number of imide groups is 1. The third kappa shape index (κ3) is 2.31. The Morgan fingerprint density at radius 2 is 2.18 bits per heavy atom. The van der Waals surface area contributed by atoms with Gasteiger partial charge in [-0.15, -0.1) is 23.6 Å². The lowest BCUT2D eigenvalue weighted by Crippen LogP contribution is -2.21. The largest absolute Gasteiger partial charge is 0.289 e. The number of nitrogens with one attached hydrogen (secondary N) is 1. The Morgan fingerprint density at radius 1 is 1.55 bits per heavy atom. The van der Waals surface area contributed by atoms with Gasteiger partial charge in [-0.05, 0) is 6.42 Å². The van der Waals surface area contributed by atoms with Crippen LogP contribution in [0.3, 0.4) is 0 Å². The standard InChI is InChI=1S/C7H7NO2.BrH/c1-2-3-5-4-6(9)8-7(5)10;/h2,4H,1,3H2,(H,8,9,10);1H. The third-order valence-electron chi connectivity index (χ3n) is 1.20. The van der Waals surface area contributed by atoms with E-state index in [0.29, 0.717) is 12.0 Å². The molecule has 0 saturated heterocycles. The molecular weight excluding hydrogens is 210 g/mol. The van der Waals surface area contributed by atoms with Crippen LogP contribution in [0.1, 0.15) is 6.42 Å². The first-order valence-electron chi connectivity index (χ1n) is 2.91. The molecule has 0 spiro atoms. The van der Waals surface area contributed by atoms with Crippen LogP contribution in [0.2, 0.25) is 0 Å². The van der Waals surface area contributed by atoms with Gasteiger partial charge in [0.05, 0.1) is 0 Å². The van der Waals surface area contributed by atoms with Crippen molar-refractivity contribution >= 4 is 28.8 Å². The topological polar surface area (TPSA) is 46.2 Å². The monoisotopic (exact) mass is 217 g/mol. The number of carbonyl (C=O) groups excluding carboxylic acids is 2. The highest BCUT2D eigenvalue weighted by Crippen LogP contribution is 2.06.